The van der Waals surface area contributed by atoms with Gasteiger partial charge < -0.3 is 14.1 Å². The van der Waals surface area contributed by atoms with E-state index in [-0.39, 0.29) is 16.7 Å². The standard InChI is InChI=1S/C32H35N2O3/c1-9-33-25-14-27-20(11-21(25)18(3)16-31(33,5)6)12-24-29(36-27)23-13-22-19(4)17-32(7,8)34(10-2)26(22)15-28(23)37-30(24)35/h11-17H,9-10H2,1-8H3/q+1. The van der Waals surface area contributed by atoms with E-state index < -0.39 is 0 Å². The second-order valence-electron chi connectivity index (χ2n) is 11.6. The number of hydrogen-bond acceptors (Lipinski definition) is 4. The van der Waals surface area contributed by atoms with Crippen molar-refractivity contribution in [1.29, 1.82) is 0 Å². The fourth-order valence-corrected chi connectivity index (χ4v) is 6.74. The first-order valence-electron chi connectivity index (χ1n) is 13.3. The average molecular weight is 496 g/mol. The predicted octanol–water partition coefficient (Wildman–Crippen LogP) is 5.46. The van der Waals surface area contributed by atoms with Gasteiger partial charge >= 0.3 is 5.63 Å². The van der Waals surface area contributed by atoms with E-state index in [1.165, 1.54) is 16.7 Å². The predicted molar refractivity (Wildman–Crippen MR) is 152 cm³/mol. The summed E-state index contributed by atoms with van der Waals surface area (Å²) >= 11 is 0. The Labute approximate surface area is 217 Å². The summed E-state index contributed by atoms with van der Waals surface area (Å²) in [5.41, 5.74) is 6.27. The van der Waals surface area contributed by atoms with Crippen LogP contribution in [0.1, 0.15) is 72.1 Å². The van der Waals surface area contributed by atoms with Crippen molar-refractivity contribution < 1.29 is 9.15 Å². The van der Waals surface area contributed by atoms with Crippen molar-refractivity contribution in [1.82, 2.24) is 4.58 Å². The van der Waals surface area contributed by atoms with Crippen LogP contribution in [0.2, 0.25) is 0 Å². The van der Waals surface area contributed by atoms with Gasteiger partial charge in [-0.1, -0.05) is 6.08 Å². The molecule has 0 aliphatic carbocycles. The van der Waals surface area contributed by atoms with E-state index in [0.29, 0.717) is 16.9 Å². The minimum atomic E-state index is -0.375. The van der Waals surface area contributed by atoms with E-state index in [9.17, 15) is 4.79 Å². The quantitative estimate of drug-likeness (QED) is 0.274. The van der Waals surface area contributed by atoms with Gasteiger partial charge in [-0.05, 0) is 77.0 Å². The summed E-state index contributed by atoms with van der Waals surface area (Å²) in [6.45, 7) is 19.3. The highest BCUT2D eigenvalue weighted by Crippen LogP contribution is 2.43. The molecule has 0 radical (unpaired) electrons. The number of ether oxygens (including phenoxy) is 1. The normalized spacial score (nSPS) is 18.6. The maximum absolute atomic E-state index is 13.2. The van der Waals surface area contributed by atoms with E-state index >= 15 is 0 Å². The zero-order valence-corrected chi connectivity index (χ0v) is 23.1. The average Bonchev–Trinajstić information content (AvgIpc) is 2.81. The molecule has 0 unspecified atom stereocenters. The minimum Gasteiger partial charge on any atom is -0.455 e. The zero-order valence-electron chi connectivity index (χ0n) is 23.1. The zero-order chi connectivity index (χ0) is 26.4. The molecule has 3 aliphatic rings. The topological polar surface area (TPSA) is 45.7 Å². The number of anilines is 1. The molecule has 1 aromatic heterocycles. The van der Waals surface area contributed by atoms with E-state index in [1.54, 1.807) is 0 Å². The third-order valence-corrected chi connectivity index (χ3v) is 8.24. The SMILES string of the molecule is CCN1c2cc3oc(=O)c4c(c3cc2C(C)=CC1(C)C)Oc1cc2c(cc1=C4)C(C)=CC(C)(C)[N+]=2CC. The van der Waals surface area contributed by atoms with Crippen molar-refractivity contribution in [2.24, 2.45) is 0 Å². The highest BCUT2D eigenvalue weighted by Gasteiger charge is 2.34. The highest BCUT2D eigenvalue weighted by atomic mass is 16.5. The van der Waals surface area contributed by atoms with Crippen LogP contribution in [0.25, 0.3) is 28.2 Å². The van der Waals surface area contributed by atoms with Crippen LogP contribution in [-0.2, 0) is 0 Å². The number of nitrogens with zero attached hydrogens (tertiary/aromatic N) is 2. The summed E-state index contributed by atoms with van der Waals surface area (Å²) < 4.78 is 14.9. The fourth-order valence-electron chi connectivity index (χ4n) is 6.74. The van der Waals surface area contributed by atoms with Gasteiger partial charge in [0.1, 0.15) is 23.4 Å². The molecule has 190 valence electrons. The summed E-state index contributed by atoms with van der Waals surface area (Å²) in [7, 11) is 0. The first-order chi connectivity index (χ1) is 17.4. The molecular formula is C32H35N2O3+. The van der Waals surface area contributed by atoms with Crippen molar-refractivity contribution in [3.8, 4) is 11.5 Å². The Kier molecular flexibility index (Phi) is 4.95. The van der Waals surface area contributed by atoms with Crippen LogP contribution in [0.4, 0.5) is 5.69 Å². The Morgan fingerprint density at radius 1 is 0.946 bits per heavy atom. The van der Waals surface area contributed by atoms with Crippen molar-refractivity contribution >= 4 is 33.9 Å². The van der Waals surface area contributed by atoms with E-state index in [0.717, 1.165) is 46.1 Å². The molecule has 3 aromatic rings. The molecule has 0 amide bonds. The smallest absolute Gasteiger partial charge is 0.347 e. The molecule has 0 fully saturated rings. The van der Waals surface area contributed by atoms with Gasteiger partial charge in [-0.15, -0.1) is 0 Å². The first kappa shape index (κ1) is 23.8. The largest absolute Gasteiger partial charge is 0.455 e. The number of rotatable bonds is 2. The monoisotopic (exact) mass is 495 g/mol. The van der Waals surface area contributed by atoms with E-state index in [2.05, 4.69) is 95.2 Å². The molecular weight excluding hydrogens is 460 g/mol. The Hall–Kier alpha value is -3.60. The Morgan fingerprint density at radius 2 is 1.68 bits per heavy atom. The molecule has 0 saturated heterocycles. The molecule has 0 atom stereocenters. The summed E-state index contributed by atoms with van der Waals surface area (Å²) in [5, 5.41) is 2.88. The van der Waals surface area contributed by atoms with Gasteiger partial charge in [0.2, 0.25) is 5.36 Å². The first-order valence-corrected chi connectivity index (χ1v) is 13.3. The van der Waals surface area contributed by atoms with Gasteiger partial charge in [0.05, 0.1) is 17.0 Å². The third kappa shape index (κ3) is 3.36. The molecule has 6 rings (SSSR count). The Morgan fingerprint density at radius 3 is 2.38 bits per heavy atom. The lowest BCUT2D eigenvalue weighted by Crippen LogP contribution is -2.49. The molecule has 0 saturated carbocycles. The minimum absolute atomic E-state index is 0.0913. The Bertz CT molecular complexity index is 1770. The number of fused-ring (bicyclic) bond motifs is 6. The van der Waals surface area contributed by atoms with Crippen LogP contribution in [0.3, 0.4) is 0 Å². The molecule has 5 nitrogen and oxygen atoms in total. The van der Waals surface area contributed by atoms with Crippen LogP contribution in [-0.4, -0.2) is 24.2 Å². The number of allylic oxidation sites excluding steroid dienone is 2. The summed E-state index contributed by atoms with van der Waals surface area (Å²) in [4.78, 5) is 15.6. The highest BCUT2D eigenvalue weighted by molar-refractivity contribution is 5.96. The van der Waals surface area contributed by atoms with Crippen molar-refractivity contribution in [3.05, 3.63) is 74.1 Å². The molecule has 0 N–H and O–H groups in total. The number of benzene rings is 2. The van der Waals surface area contributed by atoms with Crippen molar-refractivity contribution in [3.63, 3.8) is 0 Å². The van der Waals surface area contributed by atoms with Crippen LogP contribution in [0.15, 0.2) is 45.6 Å². The van der Waals surface area contributed by atoms with Gasteiger partial charge in [-0.2, -0.15) is 0 Å². The number of likely N-dealkylation sites (N-methyl/N-ethyl adjacent to an activating group) is 2. The Balaban J connectivity index is 1.63. The van der Waals surface area contributed by atoms with Gasteiger partial charge in [-0.25, -0.2) is 9.37 Å². The third-order valence-electron chi connectivity index (χ3n) is 8.24. The molecule has 0 spiro atoms. The summed E-state index contributed by atoms with van der Waals surface area (Å²) in [6.07, 6.45) is 6.54. The van der Waals surface area contributed by atoms with Crippen LogP contribution in [0.5, 0.6) is 11.5 Å². The van der Waals surface area contributed by atoms with Gasteiger partial charge in [0.15, 0.2) is 11.3 Å². The maximum Gasteiger partial charge on any atom is 0.347 e. The lowest BCUT2D eigenvalue weighted by Gasteiger charge is -2.42. The van der Waals surface area contributed by atoms with E-state index in [1.807, 2.05) is 12.1 Å². The summed E-state index contributed by atoms with van der Waals surface area (Å²) in [6, 6.07) is 8.41. The number of hydrogen-bond donors (Lipinski definition) is 0. The lowest BCUT2D eigenvalue weighted by atomic mass is 9.88. The van der Waals surface area contributed by atoms with Gasteiger partial charge in [0.25, 0.3) is 0 Å². The molecule has 5 heteroatoms. The van der Waals surface area contributed by atoms with Crippen molar-refractivity contribution in [2.75, 3.05) is 18.0 Å². The van der Waals surface area contributed by atoms with Crippen LogP contribution >= 0.6 is 0 Å². The molecule has 37 heavy (non-hydrogen) atoms. The molecule has 0 bridgehead atoms. The summed E-state index contributed by atoms with van der Waals surface area (Å²) in [5.74, 6) is 1.34. The maximum atomic E-state index is 13.2. The second-order valence-corrected chi connectivity index (χ2v) is 11.6. The molecule has 4 heterocycles. The van der Waals surface area contributed by atoms with Gasteiger partial charge in [0, 0.05) is 48.5 Å². The lowest BCUT2D eigenvalue weighted by molar-refractivity contribution is 0.399. The van der Waals surface area contributed by atoms with Crippen LogP contribution < -0.4 is 30.4 Å². The van der Waals surface area contributed by atoms with E-state index in [4.69, 9.17) is 9.15 Å². The fraction of sp³-hybridized carbons (Fsp3) is 0.375. The van der Waals surface area contributed by atoms with Gasteiger partial charge in [-0.3, -0.25) is 0 Å². The molecule has 2 aromatic carbocycles. The van der Waals surface area contributed by atoms with Crippen molar-refractivity contribution in [2.45, 2.75) is 66.5 Å². The second kappa shape index (κ2) is 7.70. The molecule has 3 aliphatic heterocycles. The van der Waals surface area contributed by atoms with Crippen LogP contribution in [0, 0.1) is 0 Å².